The van der Waals surface area contributed by atoms with Crippen LogP contribution in [0, 0.1) is 35.9 Å². The second kappa shape index (κ2) is 13.1. The van der Waals surface area contributed by atoms with Gasteiger partial charge in [0, 0.05) is 25.7 Å². The van der Waals surface area contributed by atoms with Crippen molar-refractivity contribution in [2.45, 2.75) is 58.3 Å². The smallest absolute Gasteiger partial charge is 0.416 e. The molecule has 1 amide bonds. The van der Waals surface area contributed by atoms with Gasteiger partial charge in [-0.15, -0.1) is 0 Å². The summed E-state index contributed by atoms with van der Waals surface area (Å²) in [6, 6.07) is 8.34. The lowest BCUT2D eigenvalue weighted by Crippen LogP contribution is -2.42. The number of nitriles is 1. The van der Waals surface area contributed by atoms with Gasteiger partial charge in [0.05, 0.1) is 28.1 Å². The van der Waals surface area contributed by atoms with Gasteiger partial charge in [0.1, 0.15) is 17.7 Å². The van der Waals surface area contributed by atoms with E-state index in [2.05, 4.69) is 4.98 Å². The number of hydrogen-bond acceptors (Lipinski definition) is 5. The Morgan fingerprint density at radius 1 is 0.958 bits per heavy atom. The fourth-order valence-electron chi connectivity index (χ4n) is 6.03. The van der Waals surface area contributed by atoms with Crippen LogP contribution in [0.3, 0.4) is 0 Å². The number of aliphatic carboxylic acids is 1. The number of nitrogens with zero attached hydrogens (tertiary/aromatic N) is 4. The number of hydrogen-bond donors (Lipinski definition) is 1. The van der Waals surface area contributed by atoms with E-state index in [1.807, 2.05) is 11.0 Å². The van der Waals surface area contributed by atoms with Crippen LogP contribution in [0.25, 0.3) is 11.1 Å². The van der Waals surface area contributed by atoms with Gasteiger partial charge in [-0.25, -0.2) is 9.37 Å². The minimum absolute atomic E-state index is 0.0231. The van der Waals surface area contributed by atoms with Crippen molar-refractivity contribution in [1.82, 2.24) is 4.98 Å². The molecule has 1 aliphatic heterocycles. The maximum Gasteiger partial charge on any atom is 0.416 e. The topological polar surface area (TPSA) is 97.5 Å². The van der Waals surface area contributed by atoms with Crippen LogP contribution in [-0.2, 0) is 27.4 Å². The highest BCUT2D eigenvalue weighted by Crippen LogP contribution is 2.42. The maximum atomic E-state index is 14.2. The molecule has 1 saturated heterocycles. The Morgan fingerprint density at radius 2 is 1.50 bits per heavy atom. The highest BCUT2D eigenvalue weighted by atomic mass is 19.4. The average molecular weight is 679 g/mol. The average Bonchev–Trinajstić information content (AvgIpc) is 3.02. The van der Waals surface area contributed by atoms with Gasteiger partial charge in [-0.05, 0) is 92.6 Å². The quantitative estimate of drug-likeness (QED) is 0.255. The molecule has 14 heteroatoms. The number of pyridine rings is 1. The van der Waals surface area contributed by atoms with Crippen LogP contribution in [-0.4, -0.2) is 42.1 Å². The molecule has 7 nitrogen and oxygen atoms in total. The summed E-state index contributed by atoms with van der Waals surface area (Å²) in [5.74, 6) is -2.74. The lowest BCUT2D eigenvalue weighted by Gasteiger charge is -2.36. The zero-order valence-corrected chi connectivity index (χ0v) is 26.7. The number of carbonyl (C=O) groups is 2. The summed E-state index contributed by atoms with van der Waals surface area (Å²) in [5, 5.41) is 19.7. The van der Waals surface area contributed by atoms with E-state index >= 15 is 0 Å². The second-order valence-electron chi connectivity index (χ2n) is 12.5. The number of likely N-dealkylation sites (N-methyl/N-ethyl adjacent to an activating group) is 1. The summed E-state index contributed by atoms with van der Waals surface area (Å²) in [6.07, 6.45) is -9.23. The van der Waals surface area contributed by atoms with Gasteiger partial charge in [-0.2, -0.15) is 31.6 Å². The summed E-state index contributed by atoms with van der Waals surface area (Å²) >= 11 is 0. The van der Waals surface area contributed by atoms with Gasteiger partial charge < -0.3 is 14.9 Å². The number of alkyl halides is 6. The van der Waals surface area contributed by atoms with Crippen molar-refractivity contribution in [2.75, 3.05) is 29.9 Å². The number of carbonyl (C=O) groups excluding carboxylic acids is 1. The van der Waals surface area contributed by atoms with E-state index in [1.165, 1.54) is 39.1 Å². The number of benzene rings is 2. The zero-order valence-electron chi connectivity index (χ0n) is 26.7. The van der Waals surface area contributed by atoms with Crippen LogP contribution in [0.5, 0.6) is 0 Å². The Morgan fingerprint density at radius 3 is 1.98 bits per heavy atom. The van der Waals surface area contributed by atoms with E-state index in [0.717, 1.165) is 4.90 Å². The third kappa shape index (κ3) is 7.24. The SMILES string of the molecule is Cc1cc(F)ccc1-c1cc(N2CCC([C@H](C)C(=O)O)CC2)nc(C#N)c1N(C)C(=O)C(C)(C)c1cc(C(F)(F)F)cc(C(F)(F)F)c1. The summed E-state index contributed by atoms with van der Waals surface area (Å²) in [5.41, 5.74) is -4.96. The number of amides is 1. The molecule has 3 aromatic rings. The van der Waals surface area contributed by atoms with Crippen molar-refractivity contribution < 1.29 is 45.4 Å². The van der Waals surface area contributed by atoms with Crippen molar-refractivity contribution in [1.29, 1.82) is 5.26 Å². The van der Waals surface area contributed by atoms with Gasteiger partial charge in [0.25, 0.3) is 0 Å². The minimum atomic E-state index is -5.14. The van der Waals surface area contributed by atoms with Crippen molar-refractivity contribution in [3.8, 4) is 17.2 Å². The van der Waals surface area contributed by atoms with Crippen molar-refractivity contribution in [3.05, 3.63) is 76.2 Å². The van der Waals surface area contributed by atoms with E-state index in [0.29, 0.717) is 55.0 Å². The van der Waals surface area contributed by atoms with Gasteiger partial charge in [-0.3, -0.25) is 9.59 Å². The molecule has 256 valence electrons. The molecule has 0 aliphatic carbocycles. The van der Waals surface area contributed by atoms with E-state index in [-0.39, 0.29) is 28.9 Å². The Hall–Kier alpha value is -4.67. The van der Waals surface area contributed by atoms with E-state index in [9.17, 15) is 50.7 Å². The number of halogens is 7. The molecule has 2 aromatic carbocycles. The fourth-order valence-corrected chi connectivity index (χ4v) is 6.03. The number of aryl methyl sites for hydroxylation is 1. The molecular weight excluding hydrogens is 645 g/mol. The molecule has 0 unspecified atom stereocenters. The number of aromatic nitrogens is 1. The molecule has 0 spiro atoms. The second-order valence-corrected chi connectivity index (χ2v) is 12.5. The Balaban J connectivity index is 1.85. The molecule has 0 saturated carbocycles. The molecule has 2 heterocycles. The van der Waals surface area contributed by atoms with Gasteiger partial charge in [-0.1, -0.05) is 13.0 Å². The monoisotopic (exact) mass is 678 g/mol. The number of anilines is 2. The van der Waals surface area contributed by atoms with Crippen LogP contribution in [0.2, 0.25) is 0 Å². The molecule has 1 fully saturated rings. The largest absolute Gasteiger partial charge is 0.481 e. The summed E-state index contributed by atoms with van der Waals surface area (Å²) in [4.78, 5) is 33.0. The predicted molar refractivity (Wildman–Crippen MR) is 164 cm³/mol. The zero-order chi connectivity index (χ0) is 35.9. The van der Waals surface area contributed by atoms with E-state index < -0.39 is 58.1 Å². The van der Waals surface area contributed by atoms with Crippen LogP contribution in [0.4, 0.5) is 42.2 Å². The van der Waals surface area contributed by atoms with E-state index in [4.69, 9.17) is 0 Å². The van der Waals surface area contributed by atoms with Crippen molar-refractivity contribution in [2.24, 2.45) is 11.8 Å². The highest BCUT2D eigenvalue weighted by molar-refractivity contribution is 6.04. The van der Waals surface area contributed by atoms with Crippen molar-refractivity contribution in [3.63, 3.8) is 0 Å². The first kappa shape index (κ1) is 36.2. The number of piperidine rings is 1. The highest BCUT2D eigenvalue weighted by Gasteiger charge is 2.42. The molecule has 1 aliphatic rings. The summed E-state index contributed by atoms with van der Waals surface area (Å²) in [6.45, 7) is 6.40. The molecule has 0 bridgehead atoms. The number of carboxylic acid groups (broad SMARTS) is 1. The molecule has 4 rings (SSSR count). The Kier molecular flexibility index (Phi) is 9.86. The van der Waals surface area contributed by atoms with Crippen LogP contribution >= 0.6 is 0 Å². The van der Waals surface area contributed by atoms with Gasteiger partial charge in [0.2, 0.25) is 5.91 Å². The lowest BCUT2D eigenvalue weighted by atomic mass is 9.81. The van der Waals surface area contributed by atoms with Gasteiger partial charge in [0.15, 0.2) is 5.69 Å². The first-order valence-corrected chi connectivity index (χ1v) is 14.9. The maximum absolute atomic E-state index is 14.2. The molecule has 1 aromatic heterocycles. The fraction of sp³-hybridized carbons (Fsp3) is 0.412. The normalized spacial score (nSPS) is 15.2. The first-order valence-electron chi connectivity index (χ1n) is 14.9. The molecular formula is C34H33F7N4O3. The molecule has 48 heavy (non-hydrogen) atoms. The third-order valence-electron chi connectivity index (χ3n) is 9.01. The summed E-state index contributed by atoms with van der Waals surface area (Å²) < 4.78 is 96.2. The molecule has 1 atom stereocenters. The number of rotatable bonds is 7. The summed E-state index contributed by atoms with van der Waals surface area (Å²) in [7, 11) is 1.24. The first-order chi connectivity index (χ1) is 22.2. The Bertz CT molecular complexity index is 1740. The van der Waals surface area contributed by atoms with E-state index in [1.54, 1.807) is 19.9 Å². The standard InChI is InChI=1S/C34H33F7N4O3/c1-18-12-24(35)6-7-25(18)26-16-28(45-10-8-20(9-11-45)19(2)30(46)47)43-27(17-42)29(26)44(5)31(48)32(3,4)21-13-22(33(36,37)38)15-23(14-21)34(39,40)41/h6-7,12-16,19-20H,8-11H2,1-5H3,(H,46,47)/t19-/m0/s1. The predicted octanol–water partition coefficient (Wildman–Crippen LogP) is 7.98. The number of carboxylic acids is 1. The minimum Gasteiger partial charge on any atom is -0.481 e. The lowest BCUT2D eigenvalue weighted by molar-refractivity contribution is -0.144. The molecule has 1 N–H and O–H groups in total. The van der Waals surface area contributed by atoms with Crippen molar-refractivity contribution >= 4 is 23.4 Å². The molecule has 0 radical (unpaired) electrons. The van der Waals surface area contributed by atoms with Crippen LogP contribution < -0.4 is 9.80 Å². The third-order valence-corrected chi connectivity index (χ3v) is 9.01. The Labute approximate surface area is 272 Å². The van der Waals surface area contributed by atoms with Gasteiger partial charge >= 0.3 is 18.3 Å². The van der Waals surface area contributed by atoms with Crippen LogP contribution in [0.1, 0.15) is 61.6 Å². The van der Waals surface area contributed by atoms with Crippen LogP contribution in [0.15, 0.2) is 42.5 Å².